The Hall–Kier alpha value is -0.193. The summed E-state index contributed by atoms with van der Waals surface area (Å²) >= 11 is 0. The molecule has 0 radical (unpaired) electrons. The van der Waals surface area contributed by atoms with Crippen LogP contribution in [-0.4, -0.2) is 32.9 Å². The Bertz CT molecular complexity index is 360. The van der Waals surface area contributed by atoms with E-state index < -0.39 is 8.32 Å². The van der Waals surface area contributed by atoms with Gasteiger partial charge < -0.3 is 9.16 Å². The molecule has 0 aromatic carbocycles. The smallest absolute Gasteiger partial charge is 0.191 e. The molecule has 0 spiro atoms. The first kappa shape index (κ1) is 19.9. The normalized spacial score (nSPS) is 24.5. The highest BCUT2D eigenvalue weighted by Crippen LogP contribution is 2.37. The summed E-state index contributed by atoms with van der Waals surface area (Å²) in [4.78, 5) is 11.7. The largest absolute Gasteiger partial charge is 0.416 e. The van der Waals surface area contributed by atoms with Gasteiger partial charge in [-0.25, -0.2) is 0 Å². The van der Waals surface area contributed by atoms with E-state index in [2.05, 4.69) is 47.7 Å². The molecule has 0 unspecified atom stereocenters. The third kappa shape index (κ3) is 5.78. The Morgan fingerprint density at radius 1 is 1.32 bits per heavy atom. The van der Waals surface area contributed by atoms with Gasteiger partial charge in [-0.05, 0) is 37.4 Å². The van der Waals surface area contributed by atoms with Crippen LogP contribution >= 0.6 is 0 Å². The lowest BCUT2D eigenvalue weighted by Crippen LogP contribution is -2.42. The average molecular weight is 329 g/mol. The molecule has 22 heavy (non-hydrogen) atoms. The number of ether oxygens (including phenoxy) is 1. The Morgan fingerprint density at radius 3 is 2.50 bits per heavy atom. The molecule has 0 bridgehead atoms. The Labute approximate surface area is 138 Å². The molecule has 0 aliphatic carbocycles. The summed E-state index contributed by atoms with van der Waals surface area (Å²) in [6.07, 6.45) is 4.69. The summed E-state index contributed by atoms with van der Waals surface area (Å²) in [5, 5.41) is 0.248. The maximum absolute atomic E-state index is 11.7. The van der Waals surface area contributed by atoms with Crippen LogP contribution in [0.5, 0.6) is 0 Å². The van der Waals surface area contributed by atoms with E-state index in [4.69, 9.17) is 9.16 Å². The zero-order chi connectivity index (χ0) is 17.0. The first-order valence-corrected chi connectivity index (χ1v) is 11.8. The topological polar surface area (TPSA) is 35.5 Å². The van der Waals surface area contributed by atoms with Gasteiger partial charge in [-0.15, -0.1) is 0 Å². The van der Waals surface area contributed by atoms with Crippen LogP contribution in [-0.2, 0) is 14.0 Å². The van der Waals surface area contributed by atoms with E-state index in [1.807, 2.05) is 0 Å². The maximum Gasteiger partial charge on any atom is 0.191 e. The molecule has 0 saturated carbocycles. The average Bonchev–Trinajstić information content (AvgIpc) is 2.83. The predicted molar refractivity (Wildman–Crippen MR) is 94.7 cm³/mol. The van der Waals surface area contributed by atoms with Crippen LogP contribution in [0.1, 0.15) is 66.7 Å². The summed E-state index contributed by atoms with van der Waals surface area (Å²) in [5.74, 6) is 0.749. The lowest BCUT2D eigenvalue weighted by molar-refractivity contribution is -0.122. The van der Waals surface area contributed by atoms with Crippen molar-refractivity contribution in [3.63, 3.8) is 0 Å². The summed E-state index contributed by atoms with van der Waals surface area (Å²) in [7, 11) is -1.68. The molecule has 1 rings (SSSR count). The summed E-state index contributed by atoms with van der Waals surface area (Å²) < 4.78 is 12.4. The Balaban J connectivity index is 2.39. The lowest BCUT2D eigenvalue weighted by atomic mass is 10.0. The molecule has 0 amide bonds. The van der Waals surface area contributed by atoms with Gasteiger partial charge in [0.15, 0.2) is 8.32 Å². The van der Waals surface area contributed by atoms with E-state index in [-0.39, 0.29) is 17.2 Å². The molecule has 1 fully saturated rings. The molecule has 130 valence electrons. The van der Waals surface area contributed by atoms with Crippen LogP contribution in [0.15, 0.2) is 0 Å². The lowest BCUT2D eigenvalue weighted by Gasteiger charge is -2.37. The van der Waals surface area contributed by atoms with Gasteiger partial charge in [0.2, 0.25) is 0 Å². The van der Waals surface area contributed by atoms with Gasteiger partial charge in [0.05, 0.1) is 12.2 Å². The number of hydrogen-bond donors (Lipinski definition) is 0. The van der Waals surface area contributed by atoms with Gasteiger partial charge in [0.25, 0.3) is 0 Å². The predicted octanol–water partition coefficient (Wildman–Crippen LogP) is 4.95. The summed E-state index contributed by atoms with van der Waals surface area (Å²) in [5.41, 5.74) is 0. The third-order valence-electron chi connectivity index (χ3n) is 5.27. The fourth-order valence-corrected chi connectivity index (χ4v) is 3.71. The highest BCUT2D eigenvalue weighted by atomic mass is 28.4. The highest BCUT2D eigenvalue weighted by Gasteiger charge is 2.38. The summed E-state index contributed by atoms with van der Waals surface area (Å²) in [6, 6.07) is 0. The minimum atomic E-state index is -1.68. The minimum Gasteiger partial charge on any atom is -0.416 e. The molecule has 1 heterocycles. The number of Topliss-reactive ketones (excluding diaryl/α,β-unsaturated/α-hetero) is 1. The van der Waals surface area contributed by atoms with Gasteiger partial charge in [-0.1, -0.05) is 34.6 Å². The van der Waals surface area contributed by atoms with E-state index in [9.17, 15) is 4.79 Å². The Morgan fingerprint density at radius 2 is 1.95 bits per heavy atom. The molecule has 4 heteroatoms. The fourth-order valence-electron chi connectivity index (χ4n) is 2.60. The third-order valence-corrected chi connectivity index (χ3v) is 9.77. The quantitative estimate of drug-likeness (QED) is 0.591. The monoisotopic (exact) mass is 328 g/mol. The second-order valence-corrected chi connectivity index (χ2v) is 13.2. The standard InChI is InChI=1S/C18H36O3Si/c1-8-9-15(19)12-16-10-11-17(21-16)14(2)13-20-22(6,7)18(3,4)5/h14,16-17H,8-13H2,1-7H3/t14-,16-,17+/m0/s1. The molecule has 1 aliphatic rings. The molecular formula is C18H36O3Si. The van der Waals surface area contributed by atoms with Gasteiger partial charge in [0.1, 0.15) is 5.78 Å². The molecule has 1 saturated heterocycles. The van der Waals surface area contributed by atoms with E-state index in [1.54, 1.807) is 0 Å². The van der Waals surface area contributed by atoms with Crippen molar-refractivity contribution >= 4 is 14.1 Å². The van der Waals surface area contributed by atoms with Gasteiger partial charge in [-0.2, -0.15) is 0 Å². The zero-order valence-electron chi connectivity index (χ0n) is 15.7. The van der Waals surface area contributed by atoms with Gasteiger partial charge in [-0.3, -0.25) is 4.79 Å². The van der Waals surface area contributed by atoms with Crippen LogP contribution in [0, 0.1) is 5.92 Å². The zero-order valence-corrected chi connectivity index (χ0v) is 16.7. The van der Waals surface area contributed by atoms with Crippen molar-refractivity contribution in [1.82, 2.24) is 0 Å². The van der Waals surface area contributed by atoms with E-state index in [1.165, 1.54) is 0 Å². The van der Waals surface area contributed by atoms with Crippen molar-refractivity contribution in [3.8, 4) is 0 Å². The van der Waals surface area contributed by atoms with Crippen molar-refractivity contribution in [2.75, 3.05) is 6.61 Å². The molecule has 0 N–H and O–H groups in total. The van der Waals surface area contributed by atoms with Crippen molar-refractivity contribution in [2.45, 2.75) is 97.1 Å². The molecule has 0 aromatic heterocycles. The molecule has 3 nitrogen and oxygen atoms in total. The van der Waals surface area contributed by atoms with E-state index >= 15 is 0 Å². The van der Waals surface area contributed by atoms with Crippen molar-refractivity contribution < 1.29 is 14.0 Å². The Kier molecular flexibility index (Phi) is 7.28. The van der Waals surface area contributed by atoms with Crippen LogP contribution < -0.4 is 0 Å². The fraction of sp³-hybridized carbons (Fsp3) is 0.944. The van der Waals surface area contributed by atoms with Crippen molar-refractivity contribution in [3.05, 3.63) is 0 Å². The first-order valence-electron chi connectivity index (χ1n) is 8.88. The summed E-state index contributed by atoms with van der Waals surface area (Å²) in [6.45, 7) is 16.4. The van der Waals surface area contributed by atoms with Crippen LogP contribution in [0.3, 0.4) is 0 Å². The highest BCUT2D eigenvalue weighted by molar-refractivity contribution is 6.74. The van der Waals surface area contributed by atoms with Crippen LogP contribution in [0.4, 0.5) is 0 Å². The van der Waals surface area contributed by atoms with Gasteiger partial charge in [0, 0.05) is 25.4 Å². The first-order chi connectivity index (χ1) is 10.1. The number of rotatable bonds is 8. The number of carbonyl (C=O) groups excluding carboxylic acids is 1. The number of carbonyl (C=O) groups is 1. The molecule has 0 aromatic rings. The van der Waals surface area contributed by atoms with Gasteiger partial charge >= 0.3 is 0 Å². The maximum atomic E-state index is 11.7. The minimum absolute atomic E-state index is 0.138. The van der Waals surface area contributed by atoms with Crippen LogP contribution in [0.2, 0.25) is 18.1 Å². The van der Waals surface area contributed by atoms with E-state index in [0.29, 0.717) is 24.5 Å². The molecular weight excluding hydrogens is 292 g/mol. The SMILES string of the molecule is CCCC(=O)C[C@@H]1CC[C@H]([C@@H](C)CO[Si](C)(C)C(C)(C)C)O1. The molecule has 3 atom stereocenters. The van der Waals surface area contributed by atoms with Crippen LogP contribution in [0.25, 0.3) is 0 Å². The van der Waals surface area contributed by atoms with E-state index in [0.717, 1.165) is 25.9 Å². The van der Waals surface area contributed by atoms with Crippen molar-refractivity contribution in [1.29, 1.82) is 0 Å². The number of hydrogen-bond acceptors (Lipinski definition) is 3. The van der Waals surface area contributed by atoms with Crippen molar-refractivity contribution in [2.24, 2.45) is 5.92 Å². The second kappa shape index (κ2) is 8.07. The molecule has 1 aliphatic heterocycles. The second-order valence-electron chi connectivity index (χ2n) is 8.42. The number of ketones is 1.